The van der Waals surface area contributed by atoms with Crippen LogP contribution in [0.3, 0.4) is 0 Å². The molecule has 0 aliphatic carbocycles. The van der Waals surface area contributed by atoms with Crippen molar-refractivity contribution in [2.24, 2.45) is 0 Å². The molecule has 0 unspecified atom stereocenters. The van der Waals surface area contributed by atoms with Crippen LogP contribution in [0.25, 0.3) is 0 Å². The van der Waals surface area contributed by atoms with Gasteiger partial charge in [-0.05, 0) is 56.2 Å². The van der Waals surface area contributed by atoms with Crippen LogP contribution in [0.15, 0.2) is 24.3 Å². The van der Waals surface area contributed by atoms with Crippen molar-refractivity contribution in [3.05, 3.63) is 56.5 Å². The van der Waals surface area contributed by atoms with E-state index in [-0.39, 0.29) is 11.6 Å². The Balaban J connectivity index is 2.47. The largest absolute Gasteiger partial charge is 0.288 e. The highest BCUT2D eigenvalue weighted by atomic mass is 32.1. The summed E-state index contributed by atoms with van der Waals surface area (Å²) in [5.74, 6) is -0.456. The van der Waals surface area contributed by atoms with Crippen LogP contribution in [0, 0.1) is 26.6 Å². The molecule has 0 amide bonds. The van der Waals surface area contributed by atoms with E-state index in [1.165, 1.54) is 23.5 Å². The molecule has 3 heteroatoms. The zero-order valence-electron chi connectivity index (χ0n) is 10.0. The summed E-state index contributed by atoms with van der Waals surface area (Å²) in [6.45, 7) is 5.65. The van der Waals surface area contributed by atoms with Gasteiger partial charge in [-0.15, -0.1) is 11.3 Å². The Morgan fingerprint density at radius 2 is 1.82 bits per heavy atom. The number of thiophene rings is 1. The normalized spacial score (nSPS) is 10.6. The zero-order chi connectivity index (χ0) is 12.6. The van der Waals surface area contributed by atoms with Crippen LogP contribution in [0.4, 0.5) is 4.39 Å². The summed E-state index contributed by atoms with van der Waals surface area (Å²) in [4.78, 5) is 14.0. The second-order valence-corrected chi connectivity index (χ2v) is 5.47. The fourth-order valence-corrected chi connectivity index (χ4v) is 2.85. The van der Waals surface area contributed by atoms with E-state index in [9.17, 15) is 9.18 Å². The average molecular weight is 248 g/mol. The van der Waals surface area contributed by atoms with Gasteiger partial charge in [-0.3, -0.25) is 4.79 Å². The first-order chi connectivity index (χ1) is 7.97. The summed E-state index contributed by atoms with van der Waals surface area (Å²) in [6.07, 6.45) is 0. The minimum Gasteiger partial charge on any atom is -0.288 e. The lowest BCUT2D eigenvalue weighted by Crippen LogP contribution is -2.01. The number of carbonyl (C=O) groups excluding carboxylic acids is 1. The van der Waals surface area contributed by atoms with Crippen LogP contribution < -0.4 is 0 Å². The third-order valence-corrected chi connectivity index (χ3v) is 3.70. The molecule has 1 heterocycles. The third kappa shape index (κ3) is 2.44. The van der Waals surface area contributed by atoms with E-state index in [1.54, 1.807) is 13.0 Å². The summed E-state index contributed by atoms with van der Waals surface area (Å²) in [7, 11) is 0. The van der Waals surface area contributed by atoms with Crippen molar-refractivity contribution in [1.29, 1.82) is 0 Å². The molecule has 0 spiro atoms. The van der Waals surface area contributed by atoms with E-state index in [1.807, 2.05) is 19.9 Å². The SMILES string of the molecule is Cc1cc(F)cc(C(=O)c2sc(C)cc2C)c1. The topological polar surface area (TPSA) is 17.1 Å². The maximum Gasteiger partial charge on any atom is 0.203 e. The number of halogens is 1. The molecule has 0 saturated heterocycles. The summed E-state index contributed by atoms with van der Waals surface area (Å²) in [5.41, 5.74) is 2.14. The van der Waals surface area contributed by atoms with Crippen molar-refractivity contribution < 1.29 is 9.18 Å². The Kier molecular flexibility index (Phi) is 3.11. The van der Waals surface area contributed by atoms with Gasteiger partial charge in [0.25, 0.3) is 0 Å². The maximum atomic E-state index is 13.3. The van der Waals surface area contributed by atoms with Gasteiger partial charge in [-0.25, -0.2) is 4.39 Å². The smallest absolute Gasteiger partial charge is 0.203 e. The van der Waals surface area contributed by atoms with Crippen LogP contribution in [-0.4, -0.2) is 5.78 Å². The molecule has 1 nitrogen and oxygen atoms in total. The highest BCUT2D eigenvalue weighted by molar-refractivity contribution is 7.14. The van der Waals surface area contributed by atoms with E-state index < -0.39 is 0 Å². The standard InChI is InChI=1S/C14H13FOS/c1-8-4-11(7-12(15)5-8)13(16)14-9(2)6-10(3)17-14/h4-7H,1-3H3. The van der Waals surface area contributed by atoms with Gasteiger partial charge < -0.3 is 0 Å². The maximum absolute atomic E-state index is 13.3. The molecule has 1 aromatic heterocycles. The van der Waals surface area contributed by atoms with Crippen molar-refractivity contribution in [3.8, 4) is 0 Å². The molecule has 17 heavy (non-hydrogen) atoms. The Bertz CT molecular complexity index is 564. The number of ketones is 1. The molecule has 0 bridgehead atoms. The molecule has 1 aromatic carbocycles. The number of hydrogen-bond donors (Lipinski definition) is 0. The lowest BCUT2D eigenvalue weighted by molar-refractivity contribution is 0.104. The molecule has 0 atom stereocenters. The molecule has 0 aliphatic heterocycles. The van der Waals surface area contributed by atoms with Crippen molar-refractivity contribution in [1.82, 2.24) is 0 Å². The van der Waals surface area contributed by atoms with Crippen LogP contribution in [0.1, 0.15) is 31.2 Å². The monoisotopic (exact) mass is 248 g/mol. The molecule has 88 valence electrons. The van der Waals surface area contributed by atoms with Gasteiger partial charge in [-0.1, -0.05) is 0 Å². The number of benzene rings is 1. The van der Waals surface area contributed by atoms with Crippen LogP contribution in [0.5, 0.6) is 0 Å². The average Bonchev–Trinajstić information content (AvgIpc) is 2.55. The van der Waals surface area contributed by atoms with Gasteiger partial charge in [-0.2, -0.15) is 0 Å². The highest BCUT2D eigenvalue weighted by Crippen LogP contribution is 2.24. The number of hydrogen-bond acceptors (Lipinski definition) is 2. The second kappa shape index (κ2) is 4.41. The molecular formula is C14H13FOS. The Labute approximate surface area is 104 Å². The highest BCUT2D eigenvalue weighted by Gasteiger charge is 2.15. The van der Waals surface area contributed by atoms with E-state index in [0.29, 0.717) is 10.4 Å². The van der Waals surface area contributed by atoms with E-state index in [2.05, 4.69) is 0 Å². The minimum absolute atomic E-state index is 0.0943. The van der Waals surface area contributed by atoms with Crippen molar-refractivity contribution in [3.63, 3.8) is 0 Å². The van der Waals surface area contributed by atoms with E-state index in [4.69, 9.17) is 0 Å². The number of carbonyl (C=O) groups is 1. The summed E-state index contributed by atoms with van der Waals surface area (Å²) in [5, 5.41) is 0. The molecule has 2 aromatic rings. The van der Waals surface area contributed by atoms with Crippen molar-refractivity contribution in [2.75, 3.05) is 0 Å². The van der Waals surface area contributed by atoms with Gasteiger partial charge in [0.05, 0.1) is 4.88 Å². The van der Waals surface area contributed by atoms with Gasteiger partial charge in [0.2, 0.25) is 5.78 Å². The molecule has 2 rings (SSSR count). The first kappa shape index (κ1) is 12.0. The fourth-order valence-electron chi connectivity index (χ4n) is 1.87. The Morgan fingerprint density at radius 1 is 1.12 bits per heavy atom. The number of aryl methyl sites for hydroxylation is 3. The summed E-state index contributed by atoms with van der Waals surface area (Å²) < 4.78 is 13.3. The predicted molar refractivity (Wildman–Crippen MR) is 68.4 cm³/mol. The van der Waals surface area contributed by atoms with Crippen LogP contribution >= 0.6 is 11.3 Å². The fraction of sp³-hybridized carbons (Fsp3) is 0.214. The summed E-state index contributed by atoms with van der Waals surface area (Å²) >= 11 is 1.46. The quantitative estimate of drug-likeness (QED) is 0.733. The predicted octanol–water partition coefficient (Wildman–Crippen LogP) is 4.04. The van der Waals surface area contributed by atoms with Crippen LogP contribution in [0.2, 0.25) is 0 Å². The lowest BCUT2D eigenvalue weighted by atomic mass is 10.0. The molecular weight excluding hydrogens is 235 g/mol. The van der Waals surface area contributed by atoms with E-state index >= 15 is 0 Å². The Morgan fingerprint density at radius 3 is 2.35 bits per heavy atom. The first-order valence-electron chi connectivity index (χ1n) is 5.36. The van der Waals surface area contributed by atoms with Gasteiger partial charge >= 0.3 is 0 Å². The van der Waals surface area contributed by atoms with Crippen molar-refractivity contribution in [2.45, 2.75) is 20.8 Å². The van der Waals surface area contributed by atoms with Gasteiger partial charge in [0.1, 0.15) is 5.82 Å². The summed E-state index contributed by atoms with van der Waals surface area (Å²) in [6, 6.07) is 6.41. The molecule has 0 radical (unpaired) electrons. The van der Waals surface area contributed by atoms with E-state index in [0.717, 1.165) is 16.0 Å². The zero-order valence-corrected chi connectivity index (χ0v) is 10.8. The van der Waals surface area contributed by atoms with Crippen molar-refractivity contribution >= 4 is 17.1 Å². The minimum atomic E-state index is -0.362. The molecule has 0 fully saturated rings. The Hall–Kier alpha value is -1.48. The lowest BCUT2D eigenvalue weighted by Gasteiger charge is -2.02. The van der Waals surface area contributed by atoms with Gasteiger partial charge in [0, 0.05) is 10.4 Å². The third-order valence-electron chi connectivity index (χ3n) is 2.55. The molecule has 0 saturated carbocycles. The first-order valence-corrected chi connectivity index (χ1v) is 6.18. The molecule has 0 aliphatic rings. The van der Waals surface area contributed by atoms with Crippen LogP contribution in [-0.2, 0) is 0 Å². The van der Waals surface area contributed by atoms with Gasteiger partial charge in [0.15, 0.2) is 0 Å². The number of rotatable bonds is 2. The molecule has 0 N–H and O–H groups in total. The second-order valence-electron chi connectivity index (χ2n) is 4.22.